The molecule has 0 radical (unpaired) electrons. The number of rotatable bonds is 1. The van der Waals surface area contributed by atoms with Crippen molar-refractivity contribution in [3.63, 3.8) is 0 Å². The van der Waals surface area contributed by atoms with Crippen LogP contribution in [0, 0.1) is 11.3 Å². The van der Waals surface area contributed by atoms with Gasteiger partial charge < -0.3 is 5.32 Å². The molecule has 1 rings (SSSR count). The van der Waals surface area contributed by atoms with Crippen LogP contribution in [0.4, 0.5) is 0 Å². The first-order chi connectivity index (χ1) is 6.90. The minimum atomic E-state index is 0.117. The Labute approximate surface area is 94.1 Å². The van der Waals surface area contributed by atoms with Crippen LogP contribution in [0.25, 0.3) is 0 Å². The summed E-state index contributed by atoms with van der Waals surface area (Å²) in [6.45, 7) is 12.3. The van der Waals surface area contributed by atoms with Crippen LogP contribution in [-0.4, -0.2) is 12.8 Å². The number of carbonyl (C=O) groups excluding carboxylic acids is 1. The van der Waals surface area contributed by atoms with Gasteiger partial charge >= 0.3 is 0 Å². The van der Waals surface area contributed by atoms with Gasteiger partial charge in [0.1, 0.15) is 0 Å². The van der Waals surface area contributed by atoms with E-state index in [0.717, 1.165) is 17.7 Å². The number of allylic oxidation sites excluding steroid dienone is 2. The lowest BCUT2D eigenvalue weighted by atomic mass is 9.71. The Morgan fingerprint density at radius 1 is 1.33 bits per heavy atom. The van der Waals surface area contributed by atoms with Crippen LogP contribution in [0.1, 0.15) is 48.0 Å². The van der Waals surface area contributed by atoms with Crippen molar-refractivity contribution in [1.82, 2.24) is 5.32 Å². The minimum Gasteiger partial charge on any atom is -0.391 e. The van der Waals surface area contributed by atoms with E-state index >= 15 is 0 Å². The summed E-state index contributed by atoms with van der Waals surface area (Å²) in [5.74, 6) is 0.468. The summed E-state index contributed by atoms with van der Waals surface area (Å²) in [5, 5.41) is 3.15. The molecule has 0 aliphatic heterocycles. The molecular formula is C13H25NO. The summed E-state index contributed by atoms with van der Waals surface area (Å²) in [6, 6.07) is 0. The summed E-state index contributed by atoms with van der Waals surface area (Å²) in [4.78, 5) is 11.7. The fourth-order valence-corrected chi connectivity index (χ4v) is 2.49. The molecule has 0 saturated heterocycles. The molecule has 0 aromatic carbocycles. The Hall–Kier alpha value is -0.790. The Morgan fingerprint density at radius 3 is 2.20 bits per heavy atom. The number of hydrogen-bond donors (Lipinski definition) is 1. The largest absolute Gasteiger partial charge is 0.391 e. The van der Waals surface area contributed by atoms with E-state index in [9.17, 15) is 4.79 Å². The van der Waals surface area contributed by atoms with Gasteiger partial charge in [-0.25, -0.2) is 0 Å². The monoisotopic (exact) mass is 211 g/mol. The van der Waals surface area contributed by atoms with E-state index in [2.05, 4.69) is 19.2 Å². The third kappa shape index (κ3) is 2.83. The van der Waals surface area contributed by atoms with Gasteiger partial charge in [0.2, 0.25) is 0 Å². The second-order valence-corrected chi connectivity index (χ2v) is 4.60. The maximum Gasteiger partial charge on any atom is 0.163 e. The van der Waals surface area contributed by atoms with Gasteiger partial charge in [0, 0.05) is 29.7 Å². The van der Waals surface area contributed by atoms with Crippen molar-refractivity contribution in [3.05, 3.63) is 11.3 Å². The summed E-state index contributed by atoms with van der Waals surface area (Å²) >= 11 is 0. The van der Waals surface area contributed by atoms with Crippen molar-refractivity contribution < 1.29 is 4.79 Å². The molecule has 0 aromatic rings. The highest BCUT2D eigenvalue weighted by Crippen LogP contribution is 2.39. The number of Topliss-reactive ketones (excluding diaryl/α,β-unsaturated/α-hetero) is 1. The molecule has 1 aliphatic carbocycles. The maximum absolute atomic E-state index is 11.7. The molecule has 0 spiro atoms. The molecule has 2 nitrogen and oxygen atoms in total. The lowest BCUT2D eigenvalue weighted by Crippen LogP contribution is -2.36. The Bertz CT molecular complexity index is 264. The van der Waals surface area contributed by atoms with Gasteiger partial charge in [-0.3, -0.25) is 4.79 Å². The van der Waals surface area contributed by atoms with Crippen LogP contribution in [0.2, 0.25) is 0 Å². The zero-order valence-corrected chi connectivity index (χ0v) is 11.2. The predicted molar refractivity (Wildman–Crippen MR) is 65.7 cm³/mol. The van der Waals surface area contributed by atoms with Crippen LogP contribution < -0.4 is 5.32 Å². The van der Waals surface area contributed by atoms with Crippen molar-refractivity contribution in [2.75, 3.05) is 7.05 Å². The average molecular weight is 211 g/mol. The molecule has 1 unspecified atom stereocenters. The molecule has 0 aromatic heterocycles. The minimum absolute atomic E-state index is 0.117. The Morgan fingerprint density at radius 2 is 1.80 bits per heavy atom. The van der Waals surface area contributed by atoms with E-state index < -0.39 is 0 Å². The zero-order chi connectivity index (χ0) is 12.2. The highest BCUT2D eigenvalue weighted by Gasteiger charge is 2.35. The number of hydrogen-bond acceptors (Lipinski definition) is 2. The van der Waals surface area contributed by atoms with Crippen molar-refractivity contribution in [2.45, 2.75) is 48.0 Å². The normalized spacial score (nSPS) is 24.5. The van der Waals surface area contributed by atoms with E-state index in [4.69, 9.17) is 0 Å². The third-order valence-corrected chi connectivity index (χ3v) is 2.94. The highest BCUT2D eigenvalue weighted by atomic mass is 16.1. The molecule has 88 valence electrons. The van der Waals surface area contributed by atoms with Gasteiger partial charge in [-0.1, -0.05) is 34.6 Å². The smallest absolute Gasteiger partial charge is 0.163 e. The molecule has 0 heterocycles. The van der Waals surface area contributed by atoms with Crippen molar-refractivity contribution >= 4 is 5.78 Å². The zero-order valence-electron chi connectivity index (χ0n) is 11.2. The highest BCUT2D eigenvalue weighted by molar-refractivity contribution is 5.98. The third-order valence-electron chi connectivity index (χ3n) is 2.94. The van der Waals surface area contributed by atoms with E-state index in [1.165, 1.54) is 0 Å². The van der Waals surface area contributed by atoms with Crippen molar-refractivity contribution in [1.29, 1.82) is 0 Å². The fraction of sp³-hybridized carbons (Fsp3) is 0.769. The first-order valence-electron chi connectivity index (χ1n) is 5.83. The fourth-order valence-electron chi connectivity index (χ4n) is 2.49. The molecule has 2 heteroatoms. The SMILES string of the molecule is CC.CNC1=C(C)C(=O)C(C)CC1(C)C. The van der Waals surface area contributed by atoms with Gasteiger partial charge in [-0.15, -0.1) is 0 Å². The van der Waals surface area contributed by atoms with Gasteiger partial charge in [-0.2, -0.15) is 0 Å². The summed E-state index contributed by atoms with van der Waals surface area (Å²) in [7, 11) is 1.89. The standard InChI is InChI=1S/C11H19NO.C2H6/c1-7-6-11(3,4)10(12-5)8(2)9(7)13;1-2/h7,12H,6H2,1-5H3;1-2H3. The maximum atomic E-state index is 11.7. The van der Waals surface area contributed by atoms with Gasteiger partial charge in [0.25, 0.3) is 0 Å². The predicted octanol–water partition coefficient (Wildman–Crippen LogP) is 3.14. The van der Waals surface area contributed by atoms with E-state index in [1.807, 2.05) is 34.7 Å². The number of carbonyl (C=O) groups is 1. The van der Waals surface area contributed by atoms with Gasteiger partial charge in [-0.05, 0) is 13.3 Å². The molecule has 1 aliphatic rings. The molecule has 0 saturated carbocycles. The Kier molecular flexibility index (Phi) is 5.06. The van der Waals surface area contributed by atoms with E-state index in [0.29, 0.717) is 5.78 Å². The van der Waals surface area contributed by atoms with Crippen LogP contribution >= 0.6 is 0 Å². The molecule has 1 N–H and O–H groups in total. The molecular weight excluding hydrogens is 186 g/mol. The van der Waals surface area contributed by atoms with E-state index in [1.54, 1.807) is 0 Å². The molecule has 1 atom stereocenters. The quantitative estimate of drug-likeness (QED) is 0.722. The van der Waals surface area contributed by atoms with Gasteiger partial charge in [0.05, 0.1) is 0 Å². The van der Waals surface area contributed by atoms with Crippen LogP contribution in [0.3, 0.4) is 0 Å². The number of ketones is 1. The second-order valence-electron chi connectivity index (χ2n) is 4.60. The summed E-state index contributed by atoms with van der Waals surface area (Å²) in [5.41, 5.74) is 2.13. The second kappa shape index (κ2) is 5.34. The van der Waals surface area contributed by atoms with Gasteiger partial charge in [0.15, 0.2) is 5.78 Å². The first kappa shape index (κ1) is 14.2. The summed E-state index contributed by atoms with van der Waals surface area (Å²) < 4.78 is 0. The number of nitrogens with one attached hydrogen (secondary N) is 1. The summed E-state index contributed by atoms with van der Waals surface area (Å²) in [6.07, 6.45) is 0.944. The van der Waals surface area contributed by atoms with Crippen LogP contribution in [0.5, 0.6) is 0 Å². The molecule has 0 fully saturated rings. The van der Waals surface area contributed by atoms with Crippen LogP contribution in [-0.2, 0) is 4.79 Å². The van der Waals surface area contributed by atoms with Crippen molar-refractivity contribution in [3.8, 4) is 0 Å². The molecule has 0 bridgehead atoms. The Balaban J connectivity index is 0.000000921. The topological polar surface area (TPSA) is 29.1 Å². The van der Waals surface area contributed by atoms with E-state index in [-0.39, 0.29) is 11.3 Å². The first-order valence-corrected chi connectivity index (χ1v) is 5.83. The van der Waals surface area contributed by atoms with Crippen molar-refractivity contribution in [2.24, 2.45) is 11.3 Å². The molecule has 0 amide bonds. The average Bonchev–Trinajstić information content (AvgIpc) is 2.17. The lowest BCUT2D eigenvalue weighted by molar-refractivity contribution is -0.120. The molecule has 15 heavy (non-hydrogen) atoms. The van der Waals surface area contributed by atoms with Crippen LogP contribution in [0.15, 0.2) is 11.3 Å². The lowest BCUT2D eigenvalue weighted by Gasteiger charge is -2.36.